The number of nitrogens with zero attached hydrogens (tertiary/aromatic N) is 3. The molecule has 1 amide bonds. The Bertz CT molecular complexity index is 1030. The zero-order valence-corrected chi connectivity index (χ0v) is 15.8. The molecular weight excluding hydrogens is 374 g/mol. The average molecular weight is 395 g/mol. The van der Waals surface area contributed by atoms with Crippen LogP contribution in [0.1, 0.15) is 12.8 Å². The summed E-state index contributed by atoms with van der Waals surface area (Å²) in [5, 5.41) is 0. The van der Waals surface area contributed by atoms with Crippen molar-refractivity contribution >= 4 is 27.0 Å². The summed E-state index contributed by atoms with van der Waals surface area (Å²) in [6, 6.07) is 4.40. The Morgan fingerprint density at radius 1 is 1.19 bits per heavy atom. The van der Waals surface area contributed by atoms with Crippen molar-refractivity contribution in [3.63, 3.8) is 0 Å². The van der Waals surface area contributed by atoms with Gasteiger partial charge in [-0.2, -0.15) is 4.31 Å². The molecule has 3 heterocycles. The van der Waals surface area contributed by atoms with E-state index < -0.39 is 21.9 Å². The van der Waals surface area contributed by atoms with Crippen LogP contribution < -0.4 is 5.76 Å². The molecule has 146 valence electrons. The second kappa shape index (κ2) is 6.77. The molecule has 1 atom stereocenters. The van der Waals surface area contributed by atoms with Crippen LogP contribution in [-0.4, -0.2) is 67.0 Å². The SMILES string of the molecule is Cn1c(=O)oc2cc(S(=O)(=O)N3CCN(C(=O)C4CCCO4)CC3)ccc21. The van der Waals surface area contributed by atoms with Crippen LogP contribution in [0, 0.1) is 0 Å². The topological polar surface area (TPSA) is 102 Å². The van der Waals surface area contributed by atoms with Gasteiger partial charge in [-0.15, -0.1) is 0 Å². The fourth-order valence-corrected chi connectivity index (χ4v) is 4.99. The van der Waals surface area contributed by atoms with Gasteiger partial charge in [0.1, 0.15) is 6.10 Å². The first-order valence-corrected chi connectivity index (χ1v) is 10.3. The summed E-state index contributed by atoms with van der Waals surface area (Å²) in [7, 11) is -2.17. The molecular formula is C17H21N3O6S. The van der Waals surface area contributed by atoms with Crippen molar-refractivity contribution in [1.29, 1.82) is 0 Å². The predicted octanol–water partition coefficient (Wildman–Crippen LogP) is 0.143. The van der Waals surface area contributed by atoms with Crippen molar-refractivity contribution in [2.24, 2.45) is 7.05 Å². The van der Waals surface area contributed by atoms with Gasteiger partial charge in [0.2, 0.25) is 10.0 Å². The Morgan fingerprint density at radius 3 is 2.59 bits per heavy atom. The maximum absolute atomic E-state index is 12.9. The van der Waals surface area contributed by atoms with Crippen molar-refractivity contribution in [1.82, 2.24) is 13.8 Å². The maximum atomic E-state index is 12.9. The fraction of sp³-hybridized carbons (Fsp3) is 0.529. The lowest BCUT2D eigenvalue weighted by Gasteiger charge is -2.35. The number of oxazole rings is 1. The molecule has 2 saturated heterocycles. The molecule has 27 heavy (non-hydrogen) atoms. The number of fused-ring (bicyclic) bond motifs is 1. The number of aromatic nitrogens is 1. The molecule has 0 spiro atoms. The average Bonchev–Trinajstić information content (AvgIpc) is 3.30. The minimum atomic E-state index is -3.73. The Morgan fingerprint density at radius 2 is 1.93 bits per heavy atom. The number of hydrogen-bond acceptors (Lipinski definition) is 6. The molecule has 4 rings (SSSR count). The van der Waals surface area contributed by atoms with Crippen molar-refractivity contribution < 1.29 is 22.4 Å². The molecule has 2 aromatic rings. The van der Waals surface area contributed by atoms with E-state index in [-0.39, 0.29) is 29.5 Å². The van der Waals surface area contributed by atoms with Gasteiger partial charge in [-0.1, -0.05) is 0 Å². The number of benzene rings is 1. The van der Waals surface area contributed by atoms with Crippen LogP contribution in [0.5, 0.6) is 0 Å². The molecule has 0 N–H and O–H groups in total. The summed E-state index contributed by atoms with van der Waals surface area (Å²) in [6.07, 6.45) is 1.21. The maximum Gasteiger partial charge on any atom is 0.419 e. The lowest BCUT2D eigenvalue weighted by Crippen LogP contribution is -2.52. The van der Waals surface area contributed by atoms with Crippen molar-refractivity contribution in [3.05, 3.63) is 28.7 Å². The zero-order valence-electron chi connectivity index (χ0n) is 15.0. The summed E-state index contributed by atoms with van der Waals surface area (Å²) >= 11 is 0. The molecule has 1 unspecified atom stereocenters. The summed E-state index contributed by atoms with van der Waals surface area (Å²) < 4.78 is 39.0. The third kappa shape index (κ3) is 3.17. The van der Waals surface area contributed by atoms with Gasteiger partial charge in [-0.25, -0.2) is 13.2 Å². The molecule has 2 aliphatic rings. The van der Waals surface area contributed by atoms with E-state index in [9.17, 15) is 18.0 Å². The number of rotatable bonds is 3. The second-order valence-electron chi connectivity index (χ2n) is 6.79. The largest absolute Gasteiger partial charge is 0.419 e. The Kier molecular flexibility index (Phi) is 4.57. The number of carbonyl (C=O) groups excluding carboxylic acids is 1. The van der Waals surface area contributed by atoms with Crippen LogP contribution in [-0.2, 0) is 26.6 Å². The zero-order chi connectivity index (χ0) is 19.2. The lowest BCUT2D eigenvalue weighted by atomic mass is 10.2. The molecule has 1 aromatic carbocycles. The Labute approximate surface area is 156 Å². The highest BCUT2D eigenvalue weighted by Crippen LogP contribution is 2.23. The molecule has 1 aromatic heterocycles. The highest BCUT2D eigenvalue weighted by Gasteiger charge is 2.34. The van der Waals surface area contributed by atoms with Gasteiger partial charge >= 0.3 is 5.76 Å². The van der Waals surface area contributed by atoms with E-state index >= 15 is 0 Å². The van der Waals surface area contributed by atoms with E-state index in [1.807, 2.05) is 0 Å². The minimum absolute atomic E-state index is 0.0583. The van der Waals surface area contributed by atoms with Gasteiger partial charge in [-0.05, 0) is 25.0 Å². The number of amides is 1. The van der Waals surface area contributed by atoms with Crippen molar-refractivity contribution in [2.45, 2.75) is 23.8 Å². The van der Waals surface area contributed by atoms with Crippen molar-refractivity contribution in [3.8, 4) is 0 Å². The summed E-state index contributed by atoms with van der Waals surface area (Å²) in [5.74, 6) is -0.599. The van der Waals surface area contributed by atoms with Crippen LogP contribution in [0.2, 0.25) is 0 Å². The van der Waals surface area contributed by atoms with Crippen LogP contribution >= 0.6 is 0 Å². The van der Waals surface area contributed by atoms with Crippen molar-refractivity contribution in [2.75, 3.05) is 32.8 Å². The van der Waals surface area contributed by atoms with Gasteiger partial charge < -0.3 is 14.1 Å². The van der Waals surface area contributed by atoms with E-state index in [0.29, 0.717) is 25.2 Å². The number of aryl methyl sites for hydroxylation is 1. The first-order valence-electron chi connectivity index (χ1n) is 8.88. The molecule has 9 nitrogen and oxygen atoms in total. The molecule has 2 fully saturated rings. The molecule has 0 saturated carbocycles. The number of piperazine rings is 1. The van der Waals surface area contributed by atoms with E-state index in [1.165, 1.54) is 21.0 Å². The van der Waals surface area contributed by atoms with E-state index in [1.54, 1.807) is 18.0 Å². The van der Waals surface area contributed by atoms with Gasteiger partial charge in [0.25, 0.3) is 5.91 Å². The highest BCUT2D eigenvalue weighted by atomic mass is 32.2. The molecule has 0 aliphatic carbocycles. The third-order valence-corrected chi connectivity index (χ3v) is 7.05. The molecule has 10 heteroatoms. The normalized spacial score (nSPS) is 21.8. The number of carbonyl (C=O) groups is 1. The van der Waals surface area contributed by atoms with E-state index in [2.05, 4.69) is 0 Å². The molecule has 0 bridgehead atoms. The number of hydrogen-bond donors (Lipinski definition) is 0. The highest BCUT2D eigenvalue weighted by molar-refractivity contribution is 7.89. The molecule has 2 aliphatic heterocycles. The standard InChI is InChI=1S/C17H21N3O6S/c1-18-13-5-4-12(11-15(13)26-17(18)22)27(23,24)20-8-6-19(7-9-20)16(21)14-3-2-10-25-14/h4-5,11,14H,2-3,6-10H2,1H3. The smallest absolute Gasteiger partial charge is 0.408 e. The number of sulfonamides is 1. The van der Waals surface area contributed by atoms with Gasteiger partial charge in [-0.3, -0.25) is 9.36 Å². The third-order valence-electron chi connectivity index (χ3n) is 5.16. The van der Waals surface area contributed by atoms with Crippen LogP contribution in [0.3, 0.4) is 0 Å². The van der Waals surface area contributed by atoms with Crippen LogP contribution in [0.25, 0.3) is 11.1 Å². The number of ether oxygens (including phenoxy) is 1. The van der Waals surface area contributed by atoms with Gasteiger partial charge in [0, 0.05) is 45.9 Å². The summed E-state index contributed by atoms with van der Waals surface area (Å²) in [6.45, 7) is 1.71. The van der Waals surface area contributed by atoms with Gasteiger partial charge in [0.15, 0.2) is 5.58 Å². The first-order chi connectivity index (χ1) is 12.9. The van der Waals surface area contributed by atoms with Crippen LogP contribution in [0.4, 0.5) is 0 Å². The second-order valence-corrected chi connectivity index (χ2v) is 8.73. The summed E-state index contributed by atoms with van der Waals surface area (Å²) in [4.78, 5) is 25.7. The Hall–Kier alpha value is -2.17. The predicted molar refractivity (Wildman–Crippen MR) is 95.8 cm³/mol. The quantitative estimate of drug-likeness (QED) is 0.733. The van der Waals surface area contributed by atoms with Gasteiger partial charge in [0.05, 0.1) is 10.4 Å². The molecule has 0 radical (unpaired) electrons. The monoisotopic (exact) mass is 395 g/mol. The Balaban J connectivity index is 1.50. The van der Waals surface area contributed by atoms with E-state index in [4.69, 9.17) is 9.15 Å². The lowest BCUT2D eigenvalue weighted by molar-refractivity contribution is -0.142. The van der Waals surface area contributed by atoms with E-state index in [0.717, 1.165) is 12.8 Å². The fourth-order valence-electron chi connectivity index (χ4n) is 3.55. The summed E-state index contributed by atoms with van der Waals surface area (Å²) in [5.41, 5.74) is 0.765. The first kappa shape index (κ1) is 18.2. The minimum Gasteiger partial charge on any atom is -0.408 e. The van der Waals surface area contributed by atoms with Crippen LogP contribution in [0.15, 0.2) is 32.3 Å².